The van der Waals surface area contributed by atoms with Crippen LogP contribution in [0.4, 0.5) is 0 Å². The van der Waals surface area contributed by atoms with Gasteiger partial charge < -0.3 is 4.74 Å². The maximum absolute atomic E-state index is 11.6. The van der Waals surface area contributed by atoms with E-state index in [0.717, 1.165) is 25.7 Å². The van der Waals surface area contributed by atoms with Crippen LogP contribution in [-0.4, -0.2) is 11.9 Å². The van der Waals surface area contributed by atoms with E-state index in [0.29, 0.717) is 0 Å². The molecular formula is C12H14O3. The molecule has 0 aromatic heterocycles. The number of carbonyl (C=O) groups is 2. The summed E-state index contributed by atoms with van der Waals surface area (Å²) in [5, 5.41) is 0. The van der Waals surface area contributed by atoms with Gasteiger partial charge in [-0.15, -0.1) is 0 Å². The van der Waals surface area contributed by atoms with Crippen LogP contribution in [0.5, 0.6) is 0 Å². The Morgan fingerprint density at radius 1 is 0.933 bits per heavy atom. The minimum atomic E-state index is -0.286. The molecule has 0 aromatic carbocycles. The van der Waals surface area contributed by atoms with Gasteiger partial charge in [0.05, 0.1) is 11.8 Å². The largest absolute Gasteiger partial charge is 0.393 e. The molecule has 4 atom stereocenters. The molecule has 0 saturated carbocycles. The first-order valence-corrected chi connectivity index (χ1v) is 5.71. The molecule has 0 aromatic rings. The predicted molar refractivity (Wildman–Crippen MR) is 52.7 cm³/mol. The second-order valence-corrected chi connectivity index (χ2v) is 4.79. The van der Waals surface area contributed by atoms with E-state index in [1.807, 2.05) is 0 Å². The molecular weight excluding hydrogens is 192 g/mol. The molecule has 0 radical (unpaired) electrons. The minimum absolute atomic E-state index is 0.173. The van der Waals surface area contributed by atoms with Gasteiger partial charge in [-0.3, -0.25) is 9.59 Å². The Kier molecular flexibility index (Phi) is 1.94. The lowest BCUT2D eigenvalue weighted by Gasteiger charge is -2.33. The van der Waals surface area contributed by atoms with Gasteiger partial charge in [0.2, 0.25) is 0 Å². The molecule has 1 fully saturated rings. The van der Waals surface area contributed by atoms with Crippen LogP contribution in [0.25, 0.3) is 0 Å². The van der Waals surface area contributed by atoms with Gasteiger partial charge in [-0.1, -0.05) is 25.0 Å². The number of hydrogen-bond acceptors (Lipinski definition) is 3. The van der Waals surface area contributed by atoms with Crippen molar-refractivity contribution in [2.24, 2.45) is 23.7 Å². The average molecular weight is 206 g/mol. The van der Waals surface area contributed by atoms with Crippen LogP contribution < -0.4 is 0 Å². The summed E-state index contributed by atoms with van der Waals surface area (Å²) in [6.07, 6.45) is 8.63. The normalized spacial score (nSPS) is 43.5. The number of cyclic esters (lactones) is 2. The first-order valence-electron chi connectivity index (χ1n) is 5.71. The zero-order chi connectivity index (χ0) is 10.4. The number of fused-ring (bicyclic) bond motifs is 5. The first kappa shape index (κ1) is 9.13. The molecule has 15 heavy (non-hydrogen) atoms. The summed E-state index contributed by atoms with van der Waals surface area (Å²) in [7, 11) is 0. The van der Waals surface area contributed by atoms with Crippen molar-refractivity contribution in [3.8, 4) is 0 Å². The van der Waals surface area contributed by atoms with E-state index < -0.39 is 0 Å². The maximum Gasteiger partial charge on any atom is 0.318 e. The summed E-state index contributed by atoms with van der Waals surface area (Å²) in [5.41, 5.74) is 0. The standard InChI is InChI=1S/C12H14O3/c13-11-9-7-3-1-2-4-8(6-5-7)10(9)12(14)15-11/h5-10H,1-4H2/t7-,8-,9+,10+/m0/s1. The van der Waals surface area contributed by atoms with Gasteiger partial charge in [0, 0.05) is 0 Å². The van der Waals surface area contributed by atoms with Crippen molar-refractivity contribution in [1.29, 1.82) is 0 Å². The highest BCUT2D eigenvalue weighted by Gasteiger charge is 2.52. The average Bonchev–Trinajstić information content (AvgIpc) is 2.43. The zero-order valence-corrected chi connectivity index (χ0v) is 8.52. The molecule has 0 unspecified atom stereocenters. The highest BCUT2D eigenvalue weighted by atomic mass is 16.6. The third-order valence-corrected chi connectivity index (χ3v) is 3.99. The van der Waals surface area contributed by atoms with Crippen LogP contribution in [0.1, 0.15) is 25.7 Å². The molecule has 3 nitrogen and oxygen atoms in total. The van der Waals surface area contributed by atoms with Crippen LogP contribution in [0.3, 0.4) is 0 Å². The second kappa shape index (κ2) is 3.19. The summed E-state index contributed by atoms with van der Waals surface area (Å²) >= 11 is 0. The van der Waals surface area contributed by atoms with E-state index >= 15 is 0 Å². The molecule has 3 heteroatoms. The Morgan fingerprint density at radius 3 is 1.87 bits per heavy atom. The Morgan fingerprint density at radius 2 is 1.40 bits per heavy atom. The minimum Gasteiger partial charge on any atom is -0.393 e. The summed E-state index contributed by atoms with van der Waals surface area (Å²) in [4.78, 5) is 23.2. The first-order chi connectivity index (χ1) is 7.27. The molecule has 0 N–H and O–H groups in total. The lowest BCUT2D eigenvalue weighted by Crippen LogP contribution is -2.35. The number of esters is 2. The highest BCUT2D eigenvalue weighted by molar-refractivity contribution is 5.97. The SMILES string of the molecule is O=C1OC(=O)[C@H]2[C@H]1[C@@H]1C=C[C@@H]2CCCC1. The Hall–Kier alpha value is -1.12. The molecule has 3 aliphatic rings. The predicted octanol–water partition coefficient (Wildman–Crippen LogP) is 1.68. The van der Waals surface area contributed by atoms with Crippen molar-refractivity contribution in [1.82, 2.24) is 0 Å². The van der Waals surface area contributed by atoms with Gasteiger partial charge in [0.1, 0.15) is 0 Å². The van der Waals surface area contributed by atoms with Crippen molar-refractivity contribution in [2.45, 2.75) is 25.7 Å². The molecule has 0 amide bonds. The molecule has 0 spiro atoms. The summed E-state index contributed by atoms with van der Waals surface area (Å²) < 4.78 is 4.78. The fourth-order valence-electron chi connectivity index (χ4n) is 3.25. The van der Waals surface area contributed by atoms with Crippen LogP contribution in [0.2, 0.25) is 0 Å². The van der Waals surface area contributed by atoms with Gasteiger partial charge in [0.15, 0.2) is 0 Å². The number of allylic oxidation sites excluding steroid dienone is 2. The van der Waals surface area contributed by atoms with E-state index in [4.69, 9.17) is 4.74 Å². The monoisotopic (exact) mass is 206 g/mol. The third-order valence-electron chi connectivity index (χ3n) is 3.99. The van der Waals surface area contributed by atoms with Crippen molar-refractivity contribution in [3.05, 3.63) is 12.2 Å². The quantitative estimate of drug-likeness (QED) is 0.344. The molecule has 2 bridgehead atoms. The van der Waals surface area contributed by atoms with E-state index in [1.165, 1.54) is 0 Å². The van der Waals surface area contributed by atoms with E-state index in [2.05, 4.69) is 12.2 Å². The summed E-state index contributed by atoms with van der Waals surface area (Å²) in [6.45, 7) is 0. The van der Waals surface area contributed by atoms with Gasteiger partial charge >= 0.3 is 11.9 Å². The molecule has 2 aliphatic carbocycles. The second-order valence-electron chi connectivity index (χ2n) is 4.79. The fraction of sp³-hybridized carbons (Fsp3) is 0.667. The highest BCUT2D eigenvalue weighted by Crippen LogP contribution is 2.45. The number of hydrogen-bond donors (Lipinski definition) is 0. The molecule has 3 rings (SSSR count). The smallest absolute Gasteiger partial charge is 0.318 e. The van der Waals surface area contributed by atoms with Crippen molar-refractivity contribution in [2.75, 3.05) is 0 Å². The van der Waals surface area contributed by atoms with Crippen molar-refractivity contribution in [3.63, 3.8) is 0 Å². The molecule has 1 aliphatic heterocycles. The number of ether oxygens (including phenoxy) is 1. The lowest BCUT2D eigenvalue weighted by molar-refractivity contribution is -0.154. The van der Waals surface area contributed by atoms with Crippen LogP contribution in [0, 0.1) is 23.7 Å². The van der Waals surface area contributed by atoms with Crippen LogP contribution in [-0.2, 0) is 14.3 Å². The lowest BCUT2D eigenvalue weighted by atomic mass is 9.67. The Balaban J connectivity index is 2.02. The number of rotatable bonds is 0. The van der Waals surface area contributed by atoms with E-state index in [9.17, 15) is 9.59 Å². The Labute approximate surface area is 88.5 Å². The van der Waals surface area contributed by atoms with Crippen LogP contribution in [0.15, 0.2) is 12.2 Å². The van der Waals surface area contributed by atoms with Crippen molar-refractivity contribution < 1.29 is 14.3 Å². The summed E-state index contributed by atoms with van der Waals surface area (Å²) in [5.74, 6) is -0.436. The maximum atomic E-state index is 11.6. The topological polar surface area (TPSA) is 43.4 Å². The molecule has 1 saturated heterocycles. The summed E-state index contributed by atoms with van der Waals surface area (Å²) in [6, 6.07) is 0. The van der Waals surface area contributed by atoms with Gasteiger partial charge in [-0.2, -0.15) is 0 Å². The van der Waals surface area contributed by atoms with Gasteiger partial charge in [-0.05, 0) is 24.7 Å². The van der Waals surface area contributed by atoms with Gasteiger partial charge in [0.25, 0.3) is 0 Å². The number of carbonyl (C=O) groups excluding carboxylic acids is 2. The third kappa shape index (κ3) is 1.25. The van der Waals surface area contributed by atoms with E-state index in [-0.39, 0.29) is 35.6 Å². The molecule has 1 heterocycles. The van der Waals surface area contributed by atoms with Gasteiger partial charge in [-0.25, -0.2) is 0 Å². The Bertz CT molecular complexity index is 313. The fourth-order valence-corrected chi connectivity index (χ4v) is 3.25. The zero-order valence-electron chi connectivity index (χ0n) is 8.52. The van der Waals surface area contributed by atoms with Crippen LogP contribution >= 0.6 is 0 Å². The molecule has 80 valence electrons. The van der Waals surface area contributed by atoms with Crippen molar-refractivity contribution >= 4 is 11.9 Å². The van der Waals surface area contributed by atoms with E-state index in [1.54, 1.807) is 0 Å².